The third kappa shape index (κ3) is 2.37. The van der Waals surface area contributed by atoms with Gasteiger partial charge in [0.1, 0.15) is 5.82 Å². The Labute approximate surface area is 97.1 Å². The molecule has 2 rings (SSSR count). The fraction of sp³-hybridized carbons (Fsp3) is 0.571. The molecule has 1 aliphatic carbocycles. The molecule has 1 N–H and O–H groups in total. The van der Waals surface area contributed by atoms with E-state index in [1.807, 2.05) is 12.1 Å². The largest absolute Gasteiger partial charge is 0.379 e. The first-order chi connectivity index (χ1) is 7.68. The summed E-state index contributed by atoms with van der Waals surface area (Å²) in [6.45, 7) is 4.52. The zero-order valence-electron chi connectivity index (χ0n) is 10.0. The van der Waals surface area contributed by atoms with Crippen LogP contribution in [0.15, 0.2) is 24.3 Å². The average molecular weight is 221 g/mol. The summed E-state index contributed by atoms with van der Waals surface area (Å²) in [6, 6.07) is 7.35. The lowest BCUT2D eigenvalue weighted by Crippen LogP contribution is -2.37. The van der Waals surface area contributed by atoms with Crippen molar-refractivity contribution in [3.05, 3.63) is 30.1 Å². The fourth-order valence-corrected chi connectivity index (χ4v) is 2.72. The topological polar surface area (TPSA) is 12.0 Å². The SMILES string of the molecule is CC1CCCC(C)C1Nc1ccccc1F. The predicted molar refractivity (Wildman–Crippen MR) is 66.0 cm³/mol. The summed E-state index contributed by atoms with van der Waals surface area (Å²) in [6.07, 6.45) is 3.80. The molecule has 0 aromatic heterocycles. The van der Waals surface area contributed by atoms with Crippen molar-refractivity contribution in [2.45, 2.75) is 39.2 Å². The van der Waals surface area contributed by atoms with E-state index >= 15 is 0 Å². The van der Waals surface area contributed by atoms with E-state index in [4.69, 9.17) is 0 Å². The summed E-state index contributed by atoms with van der Waals surface area (Å²) in [5, 5.41) is 3.37. The van der Waals surface area contributed by atoms with E-state index in [2.05, 4.69) is 19.2 Å². The minimum absolute atomic E-state index is 0.146. The monoisotopic (exact) mass is 221 g/mol. The maximum absolute atomic E-state index is 13.5. The molecule has 1 aliphatic rings. The Kier molecular flexibility index (Phi) is 3.47. The quantitative estimate of drug-likeness (QED) is 0.794. The van der Waals surface area contributed by atoms with Crippen molar-refractivity contribution in [2.75, 3.05) is 5.32 Å². The van der Waals surface area contributed by atoms with Crippen LogP contribution < -0.4 is 5.32 Å². The number of nitrogens with one attached hydrogen (secondary N) is 1. The van der Waals surface area contributed by atoms with Gasteiger partial charge in [0.05, 0.1) is 5.69 Å². The lowest BCUT2D eigenvalue weighted by atomic mass is 9.78. The molecule has 0 heterocycles. The third-order valence-electron chi connectivity index (χ3n) is 3.74. The number of rotatable bonds is 2. The van der Waals surface area contributed by atoms with E-state index in [1.165, 1.54) is 25.3 Å². The second-order valence-electron chi connectivity index (χ2n) is 5.04. The minimum atomic E-state index is -0.146. The molecule has 0 saturated heterocycles. The summed E-state index contributed by atoms with van der Waals surface area (Å²) in [7, 11) is 0. The van der Waals surface area contributed by atoms with E-state index in [1.54, 1.807) is 6.07 Å². The summed E-state index contributed by atoms with van der Waals surface area (Å²) in [5.74, 6) is 1.11. The van der Waals surface area contributed by atoms with Gasteiger partial charge >= 0.3 is 0 Å². The summed E-state index contributed by atoms with van der Waals surface area (Å²) in [5.41, 5.74) is 0.646. The first-order valence-corrected chi connectivity index (χ1v) is 6.19. The van der Waals surface area contributed by atoms with E-state index in [9.17, 15) is 4.39 Å². The van der Waals surface area contributed by atoms with Gasteiger partial charge in [-0.15, -0.1) is 0 Å². The van der Waals surface area contributed by atoms with Crippen molar-refractivity contribution in [3.63, 3.8) is 0 Å². The van der Waals surface area contributed by atoms with Gasteiger partial charge in [-0.1, -0.05) is 32.4 Å². The first kappa shape index (κ1) is 11.4. The molecule has 1 fully saturated rings. The van der Waals surface area contributed by atoms with Crippen molar-refractivity contribution in [3.8, 4) is 0 Å². The Hall–Kier alpha value is -1.05. The van der Waals surface area contributed by atoms with Crippen LogP contribution in [0.4, 0.5) is 10.1 Å². The summed E-state index contributed by atoms with van der Waals surface area (Å²) in [4.78, 5) is 0. The van der Waals surface area contributed by atoms with Crippen molar-refractivity contribution in [1.82, 2.24) is 0 Å². The standard InChI is InChI=1S/C14H20FN/c1-10-6-5-7-11(2)14(10)16-13-9-4-3-8-12(13)15/h3-4,8-11,14,16H,5-7H2,1-2H3. The Morgan fingerprint density at radius 1 is 1.12 bits per heavy atom. The highest BCUT2D eigenvalue weighted by Gasteiger charge is 2.27. The van der Waals surface area contributed by atoms with Gasteiger partial charge in [0, 0.05) is 6.04 Å². The lowest BCUT2D eigenvalue weighted by molar-refractivity contribution is 0.267. The van der Waals surface area contributed by atoms with Gasteiger partial charge in [-0.2, -0.15) is 0 Å². The number of anilines is 1. The first-order valence-electron chi connectivity index (χ1n) is 6.19. The van der Waals surface area contributed by atoms with Crippen LogP contribution in [0.3, 0.4) is 0 Å². The van der Waals surface area contributed by atoms with Crippen LogP contribution in [0.25, 0.3) is 0 Å². The molecule has 1 aromatic carbocycles. The molecule has 1 nitrogen and oxygen atoms in total. The third-order valence-corrected chi connectivity index (χ3v) is 3.74. The van der Waals surface area contributed by atoms with E-state index in [0.29, 0.717) is 23.6 Å². The van der Waals surface area contributed by atoms with Crippen LogP contribution in [0.2, 0.25) is 0 Å². The maximum atomic E-state index is 13.5. The van der Waals surface area contributed by atoms with Crippen molar-refractivity contribution in [1.29, 1.82) is 0 Å². The van der Waals surface area contributed by atoms with Gasteiger partial charge in [-0.05, 0) is 36.8 Å². The highest BCUT2D eigenvalue weighted by molar-refractivity contribution is 5.45. The zero-order valence-corrected chi connectivity index (χ0v) is 10.0. The van der Waals surface area contributed by atoms with Gasteiger partial charge < -0.3 is 5.32 Å². The maximum Gasteiger partial charge on any atom is 0.146 e. The Morgan fingerprint density at radius 2 is 1.75 bits per heavy atom. The molecule has 2 unspecified atom stereocenters. The Bertz CT molecular complexity index is 340. The van der Waals surface area contributed by atoms with E-state index in [0.717, 1.165) is 0 Å². The highest BCUT2D eigenvalue weighted by atomic mass is 19.1. The molecule has 2 heteroatoms. The zero-order chi connectivity index (χ0) is 11.5. The smallest absolute Gasteiger partial charge is 0.146 e. The number of hydrogen-bond donors (Lipinski definition) is 1. The molecule has 1 saturated carbocycles. The van der Waals surface area contributed by atoms with E-state index < -0.39 is 0 Å². The second kappa shape index (κ2) is 4.86. The summed E-state index contributed by atoms with van der Waals surface area (Å²) < 4.78 is 13.5. The van der Waals surface area contributed by atoms with Crippen molar-refractivity contribution >= 4 is 5.69 Å². The van der Waals surface area contributed by atoms with Crippen LogP contribution >= 0.6 is 0 Å². The average Bonchev–Trinajstić information content (AvgIpc) is 2.26. The molecule has 2 atom stereocenters. The number of hydrogen-bond acceptors (Lipinski definition) is 1. The number of halogens is 1. The van der Waals surface area contributed by atoms with Gasteiger partial charge in [0.15, 0.2) is 0 Å². The molecular formula is C14H20FN. The lowest BCUT2D eigenvalue weighted by Gasteiger charge is -2.35. The molecule has 0 radical (unpaired) electrons. The van der Waals surface area contributed by atoms with Gasteiger partial charge in [0.25, 0.3) is 0 Å². The second-order valence-corrected chi connectivity index (χ2v) is 5.04. The molecule has 0 amide bonds. The normalized spacial score (nSPS) is 30.1. The Morgan fingerprint density at radius 3 is 2.38 bits per heavy atom. The number of para-hydroxylation sites is 1. The number of benzene rings is 1. The van der Waals surface area contributed by atoms with Crippen molar-refractivity contribution < 1.29 is 4.39 Å². The molecular weight excluding hydrogens is 201 g/mol. The summed E-state index contributed by atoms with van der Waals surface area (Å²) >= 11 is 0. The molecule has 1 aromatic rings. The molecule has 0 spiro atoms. The molecule has 88 valence electrons. The fourth-order valence-electron chi connectivity index (χ4n) is 2.72. The van der Waals surface area contributed by atoms with Crippen LogP contribution in [0.1, 0.15) is 33.1 Å². The molecule has 0 aliphatic heterocycles. The molecule has 16 heavy (non-hydrogen) atoms. The highest BCUT2D eigenvalue weighted by Crippen LogP contribution is 2.31. The minimum Gasteiger partial charge on any atom is -0.379 e. The van der Waals surface area contributed by atoms with E-state index in [-0.39, 0.29) is 5.82 Å². The van der Waals surface area contributed by atoms with Gasteiger partial charge in [-0.3, -0.25) is 0 Å². The van der Waals surface area contributed by atoms with Crippen molar-refractivity contribution in [2.24, 2.45) is 11.8 Å². The Balaban J connectivity index is 2.11. The predicted octanol–water partition coefficient (Wildman–Crippen LogP) is 4.06. The van der Waals surface area contributed by atoms with Gasteiger partial charge in [0.2, 0.25) is 0 Å². The van der Waals surface area contributed by atoms with Crippen LogP contribution in [0, 0.1) is 17.7 Å². The van der Waals surface area contributed by atoms with Crippen LogP contribution in [0.5, 0.6) is 0 Å². The van der Waals surface area contributed by atoms with Crippen LogP contribution in [-0.4, -0.2) is 6.04 Å². The van der Waals surface area contributed by atoms with Crippen LogP contribution in [-0.2, 0) is 0 Å². The van der Waals surface area contributed by atoms with Gasteiger partial charge in [-0.25, -0.2) is 4.39 Å². The molecule has 0 bridgehead atoms.